The fraction of sp³-hybridized carbons (Fsp3) is 0.111. The summed E-state index contributed by atoms with van der Waals surface area (Å²) in [4.78, 5) is 8.40. The first kappa shape index (κ1) is 8.13. The highest BCUT2D eigenvalue weighted by Gasteiger charge is 2.74. The Morgan fingerprint density at radius 3 is 2.87 bits per heavy atom. The van der Waals surface area contributed by atoms with E-state index in [9.17, 15) is 4.57 Å². The average Bonchev–Trinajstić information content (AvgIpc) is 2.92. The zero-order chi connectivity index (χ0) is 10.2. The average molecular weight is 236 g/mol. The molecule has 0 fully saturated rings. The predicted molar refractivity (Wildman–Crippen MR) is 58.0 cm³/mol. The molecule has 0 aromatic carbocycles. The van der Waals surface area contributed by atoms with Crippen LogP contribution in [0.4, 0.5) is 0 Å². The van der Waals surface area contributed by atoms with E-state index in [1.165, 1.54) is 11.8 Å². The van der Waals surface area contributed by atoms with Crippen molar-refractivity contribution in [2.45, 2.75) is 5.16 Å². The first-order valence-corrected chi connectivity index (χ1v) is 7.36. The lowest BCUT2D eigenvalue weighted by molar-refractivity contribution is 0.590. The van der Waals surface area contributed by atoms with E-state index in [0.29, 0.717) is 10.9 Å². The van der Waals surface area contributed by atoms with Crippen LogP contribution in [0.2, 0.25) is 0 Å². The fourth-order valence-electron chi connectivity index (χ4n) is 1.84. The van der Waals surface area contributed by atoms with E-state index in [1.54, 1.807) is 12.3 Å². The maximum absolute atomic E-state index is 11.8. The molecule has 0 aliphatic carbocycles. The second-order valence-electron chi connectivity index (χ2n) is 3.47. The normalized spacial score (nSPS) is 23.8. The van der Waals surface area contributed by atoms with Gasteiger partial charge in [0, 0.05) is 6.20 Å². The number of rotatable bonds is 2. The van der Waals surface area contributed by atoms with Gasteiger partial charge in [0.15, 0.2) is 16.4 Å². The third-order valence-electron chi connectivity index (χ3n) is 2.71. The van der Waals surface area contributed by atoms with Gasteiger partial charge in [0.2, 0.25) is 7.14 Å². The van der Waals surface area contributed by atoms with Crippen molar-refractivity contribution in [3.05, 3.63) is 12.3 Å². The lowest BCUT2D eigenvalue weighted by atomic mass is 10.3. The zero-order valence-electron chi connectivity index (χ0n) is 7.72. The topological polar surface area (TPSA) is 56.0 Å². The first-order valence-electron chi connectivity index (χ1n) is 4.43. The lowest BCUT2D eigenvalue weighted by Crippen LogP contribution is -1.97. The molecule has 0 N–H and O–H groups in total. The Balaban J connectivity index is 1.89. The van der Waals surface area contributed by atoms with Crippen LogP contribution in [-0.2, 0) is 4.57 Å². The second-order valence-corrected chi connectivity index (χ2v) is 6.76. The monoisotopic (exact) mass is 236 g/mol. The molecule has 2 aromatic rings. The van der Waals surface area contributed by atoms with Gasteiger partial charge in [0.1, 0.15) is 5.69 Å². The van der Waals surface area contributed by atoms with Gasteiger partial charge in [-0.25, -0.2) is 9.97 Å². The number of aromatic nitrogens is 2. The van der Waals surface area contributed by atoms with Crippen LogP contribution in [0.25, 0.3) is 11.5 Å². The molecule has 4 nitrogen and oxygen atoms in total. The molecule has 0 saturated heterocycles. The molecule has 74 valence electrons. The van der Waals surface area contributed by atoms with Crippen LogP contribution >= 0.6 is 18.9 Å². The van der Waals surface area contributed by atoms with Gasteiger partial charge in [-0.1, -0.05) is 11.8 Å². The van der Waals surface area contributed by atoms with E-state index in [4.69, 9.17) is 4.42 Å². The highest BCUT2D eigenvalue weighted by Crippen LogP contribution is 2.70. The summed E-state index contributed by atoms with van der Waals surface area (Å²) >= 11 is 1.48. The smallest absolute Gasteiger partial charge is 0.214 e. The number of hydrogen-bond acceptors (Lipinski definition) is 5. The molecule has 3 aliphatic rings. The number of furan rings is 1. The van der Waals surface area contributed by atoms with Crippen LogP contribution in [0.15, 0.2) is 21.8 Å². The summed E-state index contributed by atoms with van der Waals surface area (Å²) in [7, 11) is -2.11. The van der Waals surface area contributed by atoms with E-state index >= 15 is 0 Å². The largest absolute Gasteiger partial charge is 0.449 e. The highest BCUT2D eigenvalue weighted by atomic mass is 32.2. The van der Waals surface area contributed by atoms with Crippen LogP contribution in [-0.4, -0.2) is 16.2 Å². The minimum Gasteiger partial charge on any atom is -0.449 e. The summed E-state index contributed by atoms with van der Waals surface area (Å²) < 4.78 is 17.2. The van der Waals surface area contributed by atoms with Crippen molar-refractivity contribution >= 4 is 35.0 Å². The van der Waals surface area contributed by atoms with Gasteiger partial charge >= 0.3 is 0 Å². The van der Waals surface area contributed by atoms with Crippen molar-refractivity contribution in [1.82, 2.24) is 9.97 Å². The SMILES string of the molecule is CSc1nccc(-c2oc3c4c2P34=O)n1. The molecule has 1 atom stereocenters. The summed E-state index contributed by atoms with van der Waals surface area (Å²) in [5.74, 6) is 0.695. The van der Waals surface area contributed by atoms with Gasteiger partial charge in [-0.2, -0.15) is 0 Å². The Kier molecular flexibility index (Phi) is 1.19. The summed E-state index contributed by atoms with van der Waals surface area (Å²) in [5, 5.41) is 2.60. The summed E-state index contributed by atoms with van der Waals surface area (Å²) in [6.07, 6.45) is 3.62. The standard InChI is InChI=1S/C9H5N2O2PS/c1-15-9-10-3-2-4(11-9)5-6-7-8(13-5)14(6,7)12/h2-3H,1H3. The molecule has 5 rings (SSSR count). The summed E-state index contributed by atoms with van der Waals surface area (Å²) in [6, 6.07) is 1.79. The van der Waals surface area contributed by atoms with E-state index in [2.05, 4.69) is 9.97 Å². The van der Waals surface area contributed by atoms with Gasteiger partial charge in [0.05, 0.1) is 10.6 Å². The molecule has 0 radical (unpaired) electrons. The minimum atomic E-state index is -2.11. The molecular formula is C9H5N2O2PS. The van der Waals surface area contributed by atoms with E-state index in [1.807, 2.05) is 6.26 Å². The molecule has 15 heavy (non-hydrogen) atoms. The maximum Gasteiger partial charge on any atom is 0.214 e. The lowest BCUT2D eigenvalue weighted by Gasteiger charge is -1.96. The molecule has 0 saturated carbocycles. The van der Waals surface area contributed by atoms with Crippen molar-refractivity contribution in [1.29, 1.82) is 0 Å². The predicted octanol–water partition coefficient (Wildman–Crippen LogP) is 0.725. The molecule has 3 aliphatic heterocycles. The molecule has 5 heterocycles. The van der Waals surface area contributed by atoms with Crippen LogP contribution in [0.5, 0.6) is 0 Å². The number of thioether (sulfide) groups is 1. The van der Waals surface area contributed by atoms with Crippen molar-refractivity contribution in [3.63, 3.8) is 0 Å². The van der Waals surface area contributed by atoms with Crippen LogP contribution in [0.1, 0.15) is 0 Å². The van der Waals surface area contributed by atoms with E-state index in [-0.39, 0.29) is 0 Å². The fourth-order valence-corrected chi connectivity index (χ4v) is 4.69. The van der Waals surface area contributed by atoms with Crippen molar-refractivity contribution in [2.24, 2.45) is 0 Å². The van der Waals surface area contributed by atoms with Crippen molar-refractivity contribution in [2.75, 3.05) is 6.26 Å². The van der Waals surface area contributed by atoms with Crippen LogP contribution < -0.4 is 16.1 Å². The number of hydrogen-bond donors (Lipinski definition) is 0. The van der Waals surface area contributed by atoms with E-state index < -0.39 is 7.14 Å². The maximum atomic E-state index is 11.8. The Labute approximate surface area is 89.5 Å². The van der Waals surface area contributed by atoms with Gasteiger partial charge in [0.25, 0.3) is 0 Å². The molecule has 1 unspecified atom stereocenters. The zero-order valence-corrected chi connectivity index (χ0v) is 9.43. The summed E-state index contributed by atoms with van der Waals surface area (Å²) in [5.41, 5.74) is 1.46. The van der Waals surface area contributed by atoms with Crippen molar-refractivity contribution < 1.29 is 8.98 Å². The van der Waals surface area contributed by atoms with Crippen LogP contribution in [0.3, 0.4) is 0 Å². The molecule has 0 amide bonds. The quantitative estimate of drug-likeness (QED) is 0.291. The van der Waals surface area contributed by atoms with Gasteiger partial charge < -0.3 is 8.98 Å². The number of fused-ring (bicyclic) bond motifs is 1. The van der Waals surface area contributed by atoms with Gasteiger partial charge in [-0.05, 0) is 12.3 Å². The third-order valence-corrected chi connectivity index (χ3v) is 5.82. The first-order chi connectivity index (χ1) is 7.26. The summed E-state index contributed by atoms with van der Waals surface area (Å²) in [6.45, 7) is 0. The third kappa shape index (κ3) is 0.767. The Bertz CT molecular complexity index is 655. The Morgan fingerprint density at radius 1 is 1.47 bits per heavy atom. The molecule has 2 aromatic heterocycles. The molecule has 6 heteroatoms. The minimum absolute atomic E-state index is 0.695. The van der Waals surface area contributed by atoms with Crippen molar-refractivity contribution in [3.8, 4) is 11.5 Å². The highest BCUT2D eigenvalue weighted by molar-refractivity contribution is 8.06. The molecule has 2 bridgehead atoms. The molecular weight excluding hydrogens is 231 g/mol. The van der Waals surface area contributed by atoms with Gasteiger partial charge in [-0.3, -0.25) is 0 Å². The number of nitrogens with zero attached hydrogens (tertiary/aromatic N) is 2. The van der Waals surface area contributed by atoms with Crippen LogP contribution in [0, 0.1) is 0 Å². The molecule has 0 spiro atoms. The Morgan fingerprint density at radius 2 is 2.27 bits per heavy atom. The van der Waals surface area contributed by atoms with E-state index in [0.717, 1.165) is 21.8 Å². The van der Waals surface area contributed by atoms with Gasteiger partial charge in [-0.15, -0.1) is 0 Å². The second kappa shape index (κ2) is 2.20. The Hall–Kier alpha value is -1.06.